The molecular weight excluding hydrogens is 248 g/mol. The second-order valence-electron chi connectivity index (χ2n) is 6.32. The molecule has 118 valence electrons. The lowest BCUT2D eigenvalue weighted by atomic mass is 9.97. The Hall–Kier alpha value is -0.790. The zero-order chi connectivity index (χ0) is 15.4. The maximum atomic E-state index is 11.2. The largest absolute Gasteiger partial charge is 0.462 e. The van der Waals surface area contributed by atoms with Crippen LogP contribution in [0.15, 0.2) is 12.2 Å². The topological polar surface area (TPSA) is 26.3 Å². The summed E-state index contributed by atoms with van der Waals surface area (Å²) < 4.78 is 5.12. The quantitative estimate of drug-likeness (QED) is 0.268. The maximum Gasteiger partial charge on any atom is 0.333 e. The highest BCUT2D eigenvalue weighted by Crippen LogP contribution is 2.17. The Morgan fingerprint density at radius 1 is 1.00 bits per heavy atom. The second kappa shape index (κ2) is 12.0. The molecule has 0 saturated heterocycles. The Morgan fingerprint density at radius 2 is 1.55 bits per heavy atom. The van der Waals surface area contributed by atoms with Crippen molar-refractivity contribution in [2.45, 2.75) is 79.1 Å². The molecule has 0 fully saturated rings. The Bertz CT molecular complexity index is 271. The molecule has 0 saturated carbocycles. The van der Waals surface area contributed by atoms with Gasteiger partial charge in [0.2, 0.25) is 0 Å². The molecule has 0 spiro atoms. The molecule has 0 bridgehead atoms. The summed E-state index contributed by atoms with van der Waals surface area (Å²) in [6.07, 6.45) is 10.3. The Balaban J connectivity index is 3.39. The molecule has 0 heterocycles. The zero-order valence-corrected chi connectivity index (χ0v) is 14.0. The number of ether oxygens (including phenoxy) is 1. The van der Waals surface area contributed by atoms with Crippen LogP contribution in [0.3, 0.4) is 0 Å². The first kappa shape index (κ1) is 19.2. The minimum Gasteiger partial charge on any atom is -0.462 e. The third-order valence-corrected chi connectivity index (χ3v) is 4.03. The zero-order valence-electron chi connectivity index (χ0n) is 14.0. The summed E-state index contributed by atoms with van der Waals surface area (Å²) in [5, 5.41) is 0. The lowest BCUT2D eigenvalue weighted by Gasteiger charge is -2.12. The summed E-state index contributed by atoms with van der Waals surface area (Å²) in [6, 6.07) is 0. The van der Waals surface area contributed by atoms with Gasteiger partial charge in [-0.1, -0.05) is 72.3 Å². The number of unbranched alkanes of at least 4 members (excludes halogenated alkanes) is 3. The van der Waals surface area contributed by atoms with Gasteiger partial charge in [0.05, 0.1) is 6.61 Å². The fourth-order valence-corrected chi connectivity index (χ4v) is 2.16. The van der Waals surface area contributed by atoms with Gasteiger partial charge in [-0.3, -0.25) is 0 Å². The number of carbonyl (C=O) groups is 1. The van der Waals surface area contributed by atoms with Crippen molar-refractivity contribution in [2.75, 3.05) is 6.61 Å². The van der Waals surface area contributed by atoms with Crippen molar-refractivity contribution in [1.29, 1.82) is 0 Å². The molecular formula is C18H34O2. The standard InChI is InChI=1S/C18H34O2/c1-6-16(4)11-9-7-8-10-12-17(5)13-14-20-18(19)15(2)3/h16-17H,2,6-14H2,1,3-5H3. The van der Waals surface area contributed by atoms with Gasteiger partial charge in [-0.2, -0.15) is 0 Å². The highest BCUT2D eigenvalue weighted by atomic mass is 16.5. The van der Waals surface area contributed by atoms with Gasteiger partial charge >= 0.3 is 5.97 Å². The van der Waals surface area contributed by atoms with Crippen molar-refractivity contribution >= 4 is 5.97 Å². The van der Waals surface area contributed by atoms with Gasteiger partial charge in [-0.15, -0.1) is 0 Å². The van der Waals surface area contributed by atoms with E-state index in [1.807, 2.05) is 0 Å². The summed E-state index contributed by atoms with van der Waals surface area (Å²) in [6.45, 7) is 12.6. The lowest BCUT2D eigenvalue weighted by Crippen LogP contribution is -2.09. The van der Waals surface area contributed by atoms with Crippen LogP contribution in [-0.4, -0.2) is 12.6 Å². The normalized spacial score (nSPS) is 13.8. The molecule has 2 nitrogen and oxygen atoms in total. The molecule has 2 atom stereocenters. The first-order chi connectivity index (χ1) is 9.47. The predicted octanol–water partition coefficient (Wildman–Crippen LogP) is 5.52. The minimum absolute atomic E-state index is 0.262. The number of esters is 1. The first-order valence-electron chi connectivity index (χ1n) is 8.30. The van der Waals surface area contributed by atoms with Crippen molar-refractivity contribution in [2.24, 2.45) is 11.8 Å². The fraction of sp³-hybridized carbons (Fsp3) is 0.833. The lowest BCUT2D eigenvalue weighted by molar-refractivity contribution is -0.139. The third-order valence-electron chi connectivity index (χ3n) is 4.03. The molecule has 20 heavy (non-hydrogen) atoms. The van der Waals surface area contributed by atoms with Crippen molar-refractivity contribution in [3.8, 4) is 0 Å². The minimum atomic E-state index is -0.262. The average molecular weight is 282 g/mol. The van der Waals surface area contributed by atoms with Gasteiger partial charge in [-0.05, 0) is 25.2 Å². The molecule has 0 aliphatic carbocycles. The molecule has 0 aliphatic rings. The Morgan fingerprint density at radius 3 is 2.05 bits per heavy atom. The monoisotopic (exact) mass is 282 g/mol. The Kier molecular flexibility index (Phi) is 11.5. The number of hydrogen-bond donors (Lipinski definition) is 0. The van der Waals surface area contributed by atoms with E-state index >= 15 is 0 Å². The van der Waals surface area contributed by atoms with E-state index in [4.69, 9.17) is 4.74 Å². The van der Waals surface area contributed by atoms with Gasteiger partial charge in [0.1, 0.15) is 0 Å². The summed E-state index contributed by atoms with van der Waals surface area (Å²) in [7, 11) is 0. The highest BCUT2D eigenvalue weighted by molar-refractivity contribution is 5.86. The molecule has 0 aromatic heterocycles. The van der Waals surface area contributed by atoms with Crippen LogP contribution in [0.4, 0.5) is 0 Å². The van der Waals surface area contributed by atoms with E-state index in [0.29, 0.717) is 18.1 Å². The summed E-state index contributed by atoms with van der Waals surface area (Å²) in [5.74, 6) is 1.27. The summed E-state index contributed by atoms with van der Waals surface area (Å²) in [5.41, 5.74) is 0.485. The van der Waals surface area contributed by atoms with Gasteiger partial charge in [0, 0.05) is 5.57 Å². The van der Waals surface area contributed by atoms with Crippen molar-refractivity contribution < 1.29 is 9.53 Å². The molecule has 0 aromatic carbocycles. The van der Waals surface area contributed by atoms with Crippen LogP contribution < -0.4 is 0 Å². The molecule has 2 unspecified atom stereocenters. The van der Waals surface area contributed by atoms with E-state index in [-0.39, 0.29) is 5.97 Å². The van der Waals surface area contributed by atoms with E-state index in [9.17, 15) is 4.79 Å². The number of carbonyl (C=O) groups excluding carboxylic acids is 1. The van der Waals surface area contributed by atoms with E-state index in [2.05, 4.69) is 27.4 Å². The van der Waals surface area contributed by atoms with Crippen LogP contribution in [0, 0.1) is 11.8 Å². The molecule has 0 aromatic rings. The van der Waals surface area contributed by atoms with Gasteiger partial charge in [0.15, 0.2) is 0 Å². The Labute approximate surface area is 126 Å². The van der Waals surface area contributed by atoms with E-state index < -0.39 is 0 Å². The van der Waals surface area contributed by atoms with E-state index in [0.717, 1.165) is 12.3 Å². The van der Waals surface area contributed by atoms with Crippen LogP contribution in [0.5, 0.6) is 0 Å². The van der Waals surface area contributed by atoms with Crippen LogP contribution in [0.25, 0.3) is 0 Å². The van der Waals surface area contributed by atoms with Crippen molar-refractivity contribution in [1.82, 2.24) is 0 Å². The fourth-order valence-electron chi connectivity index (χ4n) is 2.16. The molecule has 0 amide bonds. The molecule has 2 heteroatoms. The smallest absolute Gasteiger partial charge is 0.333 e. The maximum absolute atomic E-state index is 11.2. The molecule has 0 N–H and O–H groups in total. The average Bonchev–Trinajstić information content (AvgIpc) is 2.41. The van der Waals surface area contributed by atoms with Crippen LogP contribution in [0.1, 0.15) is 79.1 Å². The van der Waals surface area contributed by atoms with Crippen LogP contribution in [-0.2, 0) is 9.53 Å². The number of rotatable bonds is 12. The van der Waals surface area contributed by atoms with Crippen molar-refractivity contribution in [3.63, 3.8) is 0 Å². The summed E-state index contributed by atoms with van der Waals surface area (Å²) >= 11 is 0. The van der Waals surface area contributed by atoms with Crippen LogP contribution in [0.2, 0.25) is 0 Å². The SMILES string of the molecule is C=C(C)C(=O)OCCC(C)CCCCCCC(C)CC. The predicted molar refractivity (Wildman–Crippen MR) is 86.7 cm³/mol. The van der Waals surface area contributed by atoms with Crippen LogP contribution >= 0.6 is 0 Å². The van der Waals surface area contributed by atoms with E-state index in [1.165, 1.54) is 44.9 Å². The third kappa shape index (κ3) is 11.1. The van der Waals surface area contributed by atoms with Gasteiger partial charge < -0.3 is 4.74 Å². The molecule has 0 radical (unpaired) electrons. The van der Waals surface area contributed by atoms with E-state index in [1.54, 1.807) is 6.92 Å². The number of hydrogen-bond acceptors (Lipinski definition) is 2. The summed E-state index contributed by atoms with van der Waals surface area (Å²) in [4.78, 5) is 11.2. The molecule has 0 aliphatic heterocycles. The van der Waals surface area contributed by atoms with Crippen molar-refractivity contribution in [3.05, 3.63) is 12.2 Å². The highest BCUT2D eigenvalue weighted by Gasteiger charge is 2.06. The first-order valence-corrected chi connectivity index (χ1v) is 8.30. The van der Waals surface area contributed by atoms with Gasteiger partial charge in [-0.25, -0.2) is 4.79 Å². The molecule has 0 rings (SSSR count). The second-order valence-corrected chi connectivity index (χ2v) is 6.32. The van der Waals surface area contributed by atoms with Gasteiger partial charge in [0.25, 0.3) is 0 Å².